The van der Waals surface area contributed by atoms with E-state index in [1.165, 1.54) is 0 Å². The second-order valence-electron chi connectivity index (χ2n) is 0.510. The zero-order valence-electron chi connectivity index (χ0n) is 2.55. The molecule has 0 heterocycles. The van der Waals surface area contributed by atoms with Crippen LogP contribution in [0.4, 0.5) is 4.79 Å². The van der Waals surface area contributed by atoms with Crippen LogP contribution in [0.1, 0.15) is 0 Å². The summed E-state index contributed by atoms with van der Waals surface area (Å²) in [5.41, 5.74) is 0. The third-order valence-electron chi connectivity index (χ3n) is 0.144. The number of nitro groups is 1. The van der Waals surface area contributed by atoms with Crippen LogP contribution in [0.25, 0.3) is 0 Å². The fourth-order valence-corrected chi connectivity index (χ4v) is 0. The van der Waals surface area contributed by atoms with Gasteiger partial charge in [0, 0.05) is 0 Å². The number of carbonyl (C=O) groups excluding carboxylic acids is 1. The van der Waals surface area contributed by atoms with Gasteiger partial charge in [0.15, 0.2) is 0 Å². The number of rotatable bonds is 0. The first kappa shape index (κ1) is 5.55. The summed E-state index contributed by atoms with van der Waals surface area (Å²) in [6.07, 6.45) is 0. The molecule has 4 nitrogen and oxygen atoms in total. The molecule has 0 bridgehead atoms. The van der Waals surface area contributed by atoms with E-state index < -0.39 is 9.74 Å². The number of halogens is 1. The Labute approximate surface area is 41.4 Å². The van der Waals surface area contributed by atoms with Crippen molar-refractivity contribution in [3.63, 3.8) is 0 Å². The van der Waals surface area contributed by atoms with Crippen LogP contribution >= 0.6 is 15.9 Å². The van der Waals surface area contributed by atoms with E-state index in [4.69, 9.17) is 10.1 Å². The third kappa shape index (κ3) is 1.83. The minimum atomic E-state index is -1.21. The van der Waals surface area contributed by atoms with Crippen LogP contribution in [0.15, 0.2) is 0 Å². The molecule has 6 heavy (non-hydrogen) atoms. The molecule has 0 radical (unpaired) electrons. The first-order chi connectivity index (χ1) is 2.64. The average Bonchev–Trinajstić information content (AvgIpc) is 1.36. The van der Waals surface area contributed by atoms with Crippen molar-refractivity contribution in [2.24, 2.45) is 0 Å². The highest BCUT2D eigenvalue weighted by atomic mass is 79.9. The highest BCUT2D eigenvalue weighted by Crippen LogP contribution is 1.84. The Bertz CT molecular complexity index is 76.8. The van der Waals surface area contributed by atoms with E-state index in [9.17, 15) is 4.79 Å². The van der Waals surface area contributed by atoms with Crippen molar-refractivity contribution >= 4 is 20.7 Å². The molecule has 0 aliphatic heterocycles. The molecule has 0 rings (SSSR count). The molecule has 0 aromatic rings. The van der Waals surface area contributed by atoms with Crippen molar-refractivity contribution in [3.05, 3.63) is 10.1 Å². The molecular weight excluding hydrogens is 154 g/mol. The Morgan fingerprint density at radius 1 is 1.83 bits per heavy atom. The molecule has 1 amide bonds. The normalized spacial score (nSPS) is 7.50. The van der Waals surface area contributed by atoms with E-state index in [0.717, 1.165) is 0 Å². The summed E-state index contributed by atoms with van der Waals surface area (Å²) in [4.78, 5) is 16.2. The molecule has 0 spiro atoms. The number of hydrogen-bond acceptors (Lipinski definition) is 3. The van der Waals surface area contributed by atoms with Gasteiger partial charge < -0.3 is 0 Å². The summed E-state index contributed by atoms with van der Waals surface area (Å²) in [5, 5.41) is 9.11. The summed E-state index contributed by atoms with van der Waals surface area (Å²) in [6.45, 7) is 0. The van der Waals surface area contributed by atoms with Crippen molar-refractivity contribution in [2.45, 2.75) is 0 Å². The highest BCUT2D eigenvalue weighted by molar-refractivity contribution is 9.18. The fraction of sp³-hybridized carbons (Fsp3) is 0. The van der Waals surface area contributed by atoms with Crippen LogP contribution in [-0.2, 0) is 0 Å². The molecule has 0 atom stereocenters. The van der Waals surface area contributed by atoms with E-state index >= 15 is 0 Å². The highest BCUT2D eigenvalue weighted by Gasteiger charge is 2.04. The molecule has 0 saturated carbocycles. The average molecular weight is 154 g/mol. The zero-order chi connectivity index (χ0) is 5.15. The van der Waals surface area contributed by atoms with E-state index in [1.807, 2.05) is 0 Å². The van der Waals surface area contributed by atoms with E-state index in [2.05, 4.69) is 15.9 Å². The molecule has 0 aliphatic rings. The molecule has 0 saturated heterocycles. The quantitative estimate of drug-likeness (QED) is 0.224. The Morgan fingerprint density at radius 2 is 2.00 bits per heavy atom. The van der Waals surface area contributed by atoms with Gasteiger partial charge in [0.2, 0.25) is 0 Å². The van der Waals surface area contributed by atoms with E-state index in [-0.39, 0.29) is 0 Å². The van der Waals surface area contributed by atoms with Crippen molar-refractivity contribution < 1.29 is 9.72 Å². The molecule has 5 heteroatoms. The smallest absolute Gasteiger partial charge is 0.255 e. The van der Waals surface area contributed by atoms with Crippen LogP contribution in [0.2, 0.25) is 0 Å². The Kier molecular flexibility index (Phi) is 1.72. The lowest BCUT2D eigenvalue weighted by atomic mass is 11.4. The minimum absolute atomic E-state index is 1.06. The van der Waals surface area contributed by atoms with Crippen molar-refractivity contribution in [2.75, 3.05) is 0 Å². The van der Waals surface area contributed by atoms with Gasteiger partial charge in [-0.25, -0.2) is 4.79 Å². The van der Waals surface area contributed by atoms with Gasteiger partial charge in [0.1, 0.15) is 4.92 Å². The molecule has 0 fully saturated rings. The maximum Gasteiger partial charge on any atom is 0.511 e. The lowest BCUT2D eigenvalue weighted by Crippen LogP contribution is -1.97. The second kappa shape index (κ2) is 1.86. The number of nitrogens with zero attached hydrogens (tertiary/aromatic N) is 1. The number of hydrogen-bond donors (Lipinski definition) is 0. The first-order valence-corrected chi connectivity index (χ1v) is 1.77. The van der Waals surface area contributed by atoms with Crippen LogP contribution in [0.3, 0.4) is 0 Å². The van der Waals surface area contributed by atoms with Crippen LogP contribution < -0.4 is 0 Å². The molecule has 0 aliphatic carbocycles. The summed E-state index contributed by atoms with van der Waals surface area (Å²) in [6, 6.07) is 0. The monoisotopic (exact) mass is 153 g/mol. The zero-order valence-corrected chi connectivity index (χ0v) is 4.14. The minimum Gasteiger partial charge on any atom is -0.255 e. The van der Waals surface area contributed by atoms with Gasteiger partial charge >= 0.3 is 4.82 Å². The lowest BCUT2D eigenvalue weighted by molar-refractivity contribution is -0.359. The van der Waals surface area contributed by atoms with Gasteiger partial charge in [-0.3, -0.25) is 10.1 Å². The number of carbonyl (C=O) groups is 1. The third-order valence-corrected chi connectivity index (χ3v) is 0.433. The number of amides is 1. The summed E-state index contributed by atoms with van der Waals surface area (Å²) < 4.78 is 0. The van der Waals surface area contributed by atoms with Crippen LogP contribution in [-0.4, -0.2) is 9.74 Å². The first-order valence-electron chi connectivity index (χ1n) is 0.982. The van der Waals surface area contributed by atoms with Crippen LogP contribution in [0.5, 0.6) is 0 Å². The van der Waals surface area contributed by atoms with Gasteiger partial charge in [-0.15, -0.1) is 0 Å². The van der Waals surface area contributed by atoms with Gasteiger partial charge in [-0.05, 0) is 0 Å². The lowest BCUT2D eigenvalue weighted by Gasteiger charge is -1.69. The summed E-state index contributed by atoms with van der Waals surface area (Å²) >= 11 is 2.10. The molecule has 0 aromatic carbocycles. The topological polar surface area (TPSA) is 60.2 Å². The molecular formula is CBrNO3. The largest absolute Gasteiger partial charge is 0.511 e. The Morgan fingerprint density at radius 3 is 2.00 bits per heavy atom. The maximum atomic E-state index is 9.36. The predicted molar refractivity (Wildman–Crippen MR) is 21.3 cm³/mol. The molecule has 0 aromatic heterocycles. The maximum absolute atomic E-state index is 9.36. The second-order valence-corrected chi connectivity index (χ2v) is 1.19. The van der Waals surface area contributed by atoms with Crippen molar-refractivity contribution in [1.82, 2.24) is 0 Å². The summed E-state index contributed by atoms with van der Waals surface area (Å²) in [5.74, 6) is 0. The predicted octanol–water partition coefficient (Wildman–Crippen LogP) is 0.778. The Hall–Kier alpha value is -0.450. The molecule has 0 N–H and O–H groups in total. The van der Waals surface area contributed by atoms with Gasteiger partial charge in [-0.2, -0.15) is 0 Å². The van der Waals surface area contributed by atoms with E-state index in [0.29, 0.717) is 0 Å². The standard InChI is InChI=1S/CBrNO3/c2-1(4)3(5)6. The Balaban J connectivity index is 3.57. The SMILES string of the molecule is O=C(Br)[N+](=O)[O-]. The molecule has 0 unspecified atom stereocenters. The van der Waals surface area contributed by atoms with Gasteiger partial charge in [0.05, 0.1) is 15.9 Å². The van der Waals surface area contributed by atoms with Crippen molar-refractivity contribution in [1.29, 1.82) is 0 Å². The van der Waals surface area contributed by atoms with Crippen LogP contribution in [0, 0.1) is 10.1 Å². The van der Waals surface area contributed by atoms with E-state index in [1.54, 1.807) is 0 Å². The summed E-state index contributed by atoms with van der Waals surface area (Å²) in [7, 11) is 0. The molecule has 34 valence electrons. The fourth-order valence-electron chi connectivity index (χ4n) is 0. The van der Waals surface area contributed by atoms with Crippen molar-refractivity contribution in [3.8, 4) is 0 Å². The van der Waals surface area contributed by atoms with Gasteiger partial charge in [-0.1, -0.05) is 0 Å². The van der Waals surface area contributed by atoms with Gasteiger partial charge in [0.25, 0.3) is 0 Å².